The Labute approximate surface area is 199 Å². The van der Waals surface area contributed by atoms with Crippen LogP contribution in [0, 0.1) is 15.4 Å². The molecule has 0 amide bonds. The Hall–Kier alpha value is -1.79. The molecule has 8 nitrogen and oxygen atoms in total. The molecule has 2 unspecified atom stereocenters. The van der Waals surface area contributed by atoms with Crippen LogP contribution in [0.15, 0.2) is 39.6 Å². The Morgan fingerprint density at radius 1 is 1.65 bits per heavy atom. The van der Waals surface area contributed by atoms with Crippen molar-refractivity contribution in [3.63, 3.8) is 0 Å². The van der Waals surface area contributed by atoms with Gasteiger partial charge in [-0.05, 0) is 36.3 Å². The quantitative estimate of drug-likeness (QED) is 0.105. The summed E-state index contributed by atoms with van der Waals surface area (Å²) in [6.07, 6.45) is 4.13. The van der Waals surface area contributed by atoms with E-state index in [-0.39, 0.29) is 10.8 Å². The first-order valence-electron chi connectivity index (χ1n) is 10.3. The van der Waals surface area contributed by atoms with Gasteiger partial charge in [0.25, 0.3) is 5.69 Å². The first kappa shape index (κ1) is 27.2. The summed E-state index contributed by atoms with van der Waals surface area (Å²) in [5.41, 5.74) is 4.93. The summed E-state index contributed by atoms with van der Waals surface area (Å²) >= 11 is 1.93. The summed E-state index contributed by atoms with van der Waals surface area (Å²) in [5.74, 6) is -0.708. The standard InChI is InChI=1S/C13H17N3O4S2.C6H10S.BHN.H2/c1-8(3-6-12(14)15-2)21-22-9-4-5-11(16(19)20)10(7-9)13(17)18;1-5-3-4-6(2)7-5;1-2;/h4-5,7-8H,3,6H2,1-2H3,(H2,14,15)(H,17,18);6H,1,3-4H2,2H3;2H;1H/i;;;1+2D. The molecule has 2 rings (SSSR count). The molecule has 1 aromatic rings. The number of carboxylic acid groups (broad SMARTS) is 1. The number of nitrogens with two attached hydrogens (primary N) is 1. The van der Waals surface area contributed by atoms with Crippen LogP contribution in [-0.4, -0.2) is 47.0 Å². The van der Waals surface area contributed by atoms with Crippen molar-refractivity contribution in [2.24, 2.45) is 10.7 Å². The van der Waals surface area contributed by atoms with E-state index in [2.05, 4.69) is 26.1 Å². The average molecular weight is 489 g/mol. The average Bonchev–Trinajstić information content (AvgIpc) is 3.20. The van der Waals surface area contributed by atoms with Gasteiger partial charge in [-0.3, -0.25) is 15.1 Å². The molecular formula is C19H30BN4O4S3. The van der Waals surface area contributed by atoms with Crippen molar-refractivity contribution in [2.45, 2.75) is 54.9 Å². The third-order valence-corrected chi connectivity index (χ3v) is 8.13. The Balaban J connectivity index is 0. The zero-order valence-corrected chi connectivity index (χ0v) is 20.3. The number of aliphatic imine (C=N–C) groups is 1. The van der Waals surface area contributed by atoms with E-state index < -0.39 is 16.6 Å². The van der Waals surface area contributed by atoms with Crippen LogP contribution >= 0.6 is 33.3 Å². The first-order valence-corrected chi connectivity index (χ1v) is 12.4. The van der Waals surface area contributed by atoms with Gasteiger partial charge in [0.2, 0.25) is 0 Å². The molecule has 1 heterocycles. The van der Waals surface area contributed by atoms with E-state index in [0.717, 1.165) is 11.7 Å². The number of carbonyl (C=O) groups is 1. The number of amidine groups is 1. The van der Waals surface area contributed by atoms with Crippen molar-refractivity contribution in [3.8, 4) is 0 Å². The molecule has 1 radical (unpaired) electrons. The number of rotatable bonds is 8. The van der Waals surface area contributed by atoms with Crippen LogP contribution in [-0.2, 0) is 0 Å². The number of aromatic carboxylic acids is 1. The number of nitro benzene ring substituents is 1. The number of hydrogen-bond donors (Lipinski definition) is 3. The summed E-state index contributed by atoms with van der Waals surface area (Å²) in [7, 11) is 8.34. The molecule has 171 valence electrons. The predicted molar refractivity (Wildman–Crippen MR) is 136 cm³/mol. The van der Waals surface area contributed by atoms with Crippen molar-refractivity contribution < 1.29 is 17.8 Å². The van der Waals surface area contributed by atoms with Crippen molar-refractivity contribution >= 4 is 58.5 Å². The molecule has 0 aliphatic carbocycles. The molecule has 1 fully saturated rings. The summed E-state index contributed by atoms with van der Waals surface area (Å²) in [6, 6.07) is 4.10. The Kier molecular flexibility index (Phi) is 14.0. The van der Waals surface area contributed by atoms with Crippen LogP contribution < -0.4 is 5.73 Å². The Morgan fingerprint density at radius 2 is 2.29 bits per heavy atom. The van der Waals surface area contributed by atoms with Gasteiger partial charge in [-0.2, -0.15) is 0 Å². The van der Waals surface area contributed by atoms with Gasteiger partial charge in [-0.25, -0.2) is 4.79 Å². The molecule has 31 heavy (non-hydrogen) atoms. The molecule has 12 heteroatoms. The molecule has 0 bridgehead atoms. The van der Waals surface area contributed by atoms with E-state index in [9.17, 15) is 14.9 Å². The van der Waals surface area contributed by atoms with Crippen molar-refractivity contribution in [1.29, 1.82) is 5.31 Å². The zero-order chi connectivity index (χ0) is 26.0. The molecule has 4 N–H and O–H groups in total. The number of carboxylic acids is 1. The fraction of sp³-hybridized carbons (Fsp3) is 0.474. The van der Waals surface area contributed by atoms with Gasteiger partial charge in [0.1, 0.15) is 5.56 Å². The Morgan fingerprint density at radius 3 is 2.71 bits per heavy atom. The molecule has 1 aliphatic rings. The van der Waals surface area contributed by atoms with Crippen LogP contribution in [0.3, 0.4) is 0 Å². The maximum absolute atomic E-state index is 11.1. The third-order valence-electron chi connectivity index (χ3n) is 4.00. The fourth-order valence-electron chi connectivity index (χ4n) is 2.31. The first-order chi connectivity index (χ1) is 15.6. The molecule has 0 saturated carbocycles. The van der Waals surface area contributed by atoms with Gasteiger partial charge in [0.15, 0.2) is 0 Å². The van der Waals surface area contributed by atoms with Gasteiger partial charge in [0, 0.05) is 37.9 Å². The van der Waals surface area contributed by atoms with E-state index in [0.29, 0.717) is 17.2 Å². The van der Waals surface area contributed by atoms with Gasteiger partial charge in [-0.15, -0.1) is 11.8 Å². The summed E-state index contributed by atoms with van der Waals surface area (Å²) in [6.45, 7) is 8.15. The predicted octanol–water partition coefficient (Wildman–Crippen LogP) is 5.77. The molecule has 0 spiro atoms. The van der Waals surface area contributed by atoms with Crippen LogP contribution in [0.2, 0.25) is 0 Å². The van der Waals surface area contributed by atoms with Gasteiger partial charge < -0.3 is 10.8 Å². The van der Waals surface area contributed by atoms with Crippen molar-refractivity contribution in [3.05, 3.63) is 45.4 Å². The van der Waals surface area contributed by atoms with Gasteiger partial charge >= 0.3 is 18.9 Å². The van der Waals surface area contributed by atoms with E-state index in [1.165, 1.54) is 40.7 Å². The van der Waals surface area contributed by atoms with E-state index in [1.807, 2.05) is 18.7 Å². The summed E-state index contributed by atoms with van der Waals surface area (Å²) in [4.78, 5) is 27.1. The number of nitrogens with zero attached hydrogens (tertiary/aromatic N) is 2. The Bertz CT molecular complexity index is 806. The monoisotopic (exact) mass is 488 g/mol. The van der Waals surface area contributed by atoms with Crippen molar-refractivity contribution in [1.82, 2.24) is 0 Å². The van der Waals surface area contributed by atoms with Crippen LogP contribution in [0.5, 0.6) is 0 Å². The second-order valence-electron chi connectivity index (χ2n) is 6.49. The third kappa shape index (κ3) is 12.0. The number of nitro groups is 1. The summed E-state index contributed by atoms with van der Waals surface area (Å²) < 4.78 is 10.0. The second kappa shape index (κ2) is 15.9. The van der Waals surface area contributed by atoms with Crippen LogP contribution in [0.1, 0.15) is 52.9 Å². The maximum atomic E-state index is 11.1. The number of nitrogens with one attached hydrogen (secondary N) is 1. The molecule has 0 aromatic heterocycles. The topological polar surface area (TPSA) is 143 Å². The molecule has 1 aliphatic heterocycles. The number of benzene rings is 1. The second-order valence-corrected chi connectivity index (χ2v) is 10.8. The van der Waals surface area contributed by atoms with Gasteiger partial charge in [0.05, 0.1) is 10.8 Å². The molecular weight excluding hydrogens is 455 g/mol. The zero-order valence-electron chi connectivity index (χ0n) is 19.9. The number of allylic oxidation sites excluding steroid dienone is 1. The van der Waals surface area contributed by atoms with E-state index >= 15 is 0 Å². The fourth-order valence-corrected chi connectivity index (χ4v) is 5.56. The molecule has 2 atom stereocenters. The number of thioether (sulfide) groups is 1. The van der Waals surface area contributed by atoms with E-state index in [4.69, 9.17) is 19.1 Å². The van der Waals surface area contributed by atoms with Gasteiger partial charge in [-0.1, -0.05) is 42.0 Å². The summed E-state index contributed by atoms with van der Waals surface area (Å²) in [5, 5.41) is 26.2. The molecule has 1 saturated heterocycles. The molecule has 1 aromatic carbocycles. The normalized spacial score (nSPS) is 16.6. The minimum atomic E-state index is -1.31. The van der Waals surface area contributed by atoms with Crippen LogP contribution in [0.4, 0.5) is 5.69 Å². The van der Waals surface area contributed by atoms with Crippen molar-refractivity contribution in [2.75, 3.05) is 7.05 Å². The van der Waals surface area contributed by atoms with Crippen LogP contribution in [0.25, 0.3) is 0 Å². The minimum absolute atomic E-state index is 0.286. The number of hydrogen-bond acceptors (Lipinski definition) is 8. The SMILES string of the molecule is C=C1CCC(C)S1.CN=C(N)CCC(C)SSc1ccc([N+](=O)[O-])c(C(=O)O)c1.[2H][3H].[B]=N. The van der Waals surface area contributed by atoms with E-state index in [1.54, 1.807) is 23.9 Å².